The number of ether oxygens (including phenoxy) is 2. The molecular weight excluding hydrogens is 761 g/mol. The van der Waals surface area contributed by atoms with E-state index in [1.807, 2.05) is 38.2 Å². The molecule has 1 aliphatic carbocycles. The van der Waals surface area contributed by atoms with Crippen LogP contribution < -0.4 is 26.0 Å². The number of carbonyl (C=O) groups is 3. The molecule has 0 amide bonds. The number of methoxy groups -OCH3 is 1. The summed E-state index contributed by atoms with van der Waals surface area (Å²) < 4.78 is 11.0. The van der Waals surface area contributed by atoms with Crippen LogP contribution in [-0.4, -0.2) is 59.5 Å². The van der Waals surface area contributed by atoms with Gasteiger partial charge in [-0.25, -0.2) is 0 Å². The Labute approximate surface area is 372 Å². The van der Waals surface area contributed by atoms with Crippen molar-refractivity contribution in [1.82, 2.24) is 20.3 Å². The summed E-state index contributed by atoms with van der Waals surface area (Å²) in [5.41, 5.74) is 11.5. The molecule has 0 saturated carbocycles. The summed E-state index contributed by atoms with van der Waals surface area (Å²) in [6, 6.07) is 0. The Hall–Kier alpha value is -4.28. The van der Waals surface area contributed by atoms with Crippen molar-refractivity contribution in [2.24, 2.45) is 29.6 Å². The van der Waals surface area contributed by atoms with Gasteiger partial charge in [0.05, 0.1) is 7.11 Å². The van der Waals surface area contributed by atoms with Gasteiger partial charge in [0.25, 0.3) is 0 Å². The number of H-pyrrole nitrogens is 1. The van der Waals surface area contributed by atoms with Crippen molar-refractivity contribution < 1.29 is 23.9 Å². The monoisotopic (exact) mass is 824 g/mol. The summed E-state index contributed by atoms with van der Waals surface area (Å²) >= 11 is 0. The van der Waals surface area contributed by atoms with Gasteiger partial charge in [-0.3, -0.25) is 14.4 Å². The van der Waals surface area contributed by atoms with E-state index in [0.717, 1.165) is 81.1 Å². The van der Waals surface area contributed by atoms with Crippen molar-refractivity contribution in [3.8, 4) is 0 Å². The maximum Gasteiger partial charge on any atom is 2.00 e. The Bertz CT molecular complexity index is 2350. The van der Waals surface area contributed by atoms with Gasteiger partial charge in [0.1, 0.15) is 12.5 Å². The summed E-state index contributed by atoms with van der Waals surface area (Å²) in [6.07, 6.45) is 18.6. The number of ketones is 1. The van der Waals surface area contributed by atoms with E-state index in [2.05, 4.69) is 71.4 Å². The van der Waals surface area contributed by atoms with Crippen LogP contribution in [0.15, 0.2) is 29.6 Å². The zero-order valence-electron chi connectivity index (χ0n) is 37.7. The molecule has 1 saturated heterocycles. The number of carbonyl (C=O) groups excluding carboxylic acids is 3. The predicted octanol–water partition coefficient (Wildman–Crippen LogP) is 8.15. The Morgan fingerprint density at radius 2 is 1.63 bits per heavy atom. The second kappa shape index (κ2) is 20.1. The molecule has 4 atom stereocenters. The van der Waals surface area contributed by atoms with E-state index in [-0.39, 0.29) is 59.7 Å². The van der Waals surface area contributed by atoms with Crippen molar-refractivity contribution >= 4 is 70.7 Å². The van der Waals surface area contributed by atoms with Crippen LogP contribution in [0.1, 0.15) is 154 Å². The molecular formula is C50H64MgN4O5. The summed E-state index contributed by atoms with van der Waals surface area (Å²) in [5.74, 6) is -1.32. The number of rotatable bonds is 16. The first-order chi connectivity index (χ1) is 28.2. The van der Waals surface area contributed by atoms with Crippen molar-refractivity contribution in [2.45, 2.75) is 120 Å². The van der Waals surface area contributed by atoms with E-state index in [0.29, 0.717) is 40.2 Å². The number of aromatic nitrogens is 3. The zero-order chi connectivity index (χ0) is 42.7. The molecule has 3 aromatic heterocycles. The Morgan fingerprint density at radius 1 is 0.933 bits per heavy atom. The van der Waals surface area contributed by atoms with Crippen LogP contribution in [0, 0.1) is 50.4 Å². The molecule has 6 rings (SSSR count). The predicted molar refractivity (Wildman–Crippen MR) is 242 cm³/mol. The Balaban J connectivity index is 0.00000683. The molecule has 9 nitrogen and oxygen atoms in total. The molecule has 0 spiro atoms. The molecule has 0 radical (unpaired) electrons. The van der Waals surface area contributed by atoms with Gasteiger partial charge in [0, 0.05) is 45.9 Å². The number of aromatic amines is 1. The number of hydrogen-bond acceptors (Lipinski definition) is 6. The second-order valence-electron chi connectivity index (χ2n) is 17.5. The first-order valence-electron chi connectivity index (χ1n) is 21.7. The van der Waals surface area contributed by atoms with Gasteiger partial charge in [0.15, 0.2) is 5.78 Å². The van der Waals surface area contributed by atoms with E-state index in [9.17, 15) is 14.4 Å². The molecule has 0 aromatic carbocycles. The fourth-order valence-corrected chi connectivity index (χ4v) is 9.31. The molecule has 2 aliphatic heterocycles. The molecule has 8 bridgehead atoms. The van der Waals surface area contributed by atoms with Gasteiger partial charge >= 0.3 is 35.0 Å². The van der Waals surface area contributed by atoms with Gasteiger partial charge < -0.3 is 29.7 Å². The second-order valence-corrected chi connectivity index (χ2v) is 17.5. The van der Waals surface area contributed by atoms with Gasteiger partial charge in [0.2, 0.25) is 0 Å². The third-order valence-electron chi connectivity index (χ3n) is 13.0. The van der Waals surface area contributed by atoms with E-state index in [1.54, 1.807) is 0 Å². The van der Waals surface area contributed by atoms with Crippen LogP contribution in [0.2, 0.25) is 0 Å². The number of esters is 2. The minimum atomic E-state index is -1.18. The van der Waals surface area contributed by atoms with E-state index in [4.69, 9.17) is 19.4 Å². The van der Waals surface area contributed by atoms with E-state index < -0.39 is 11.9 Å². The van der Waals surface area contributed by atoms with Gasteiger partial charge in [-0.15, -0.1) is 22.8 Å². The van der Waals surface area contributed by atoms with Crippen LogP contribution in [0.5, 0.6) is 0 Å². The number of Topliss-reactive ketones (excluding diaryl/α,β-unsaturated/α-hetero) is 1. The van der Waals surface area contributed by atoms with Crippen LogP contribution in [0.3, 0.4) is 0 Å². The fraction of sp³-hybridized carbons (Fsp3) is 0.500. The van der Waals surface area contributed by atoms with Gasteiger partial charge in [-0.2, -0.15) is 0 Å². The molecule has 0 unspecified atom stereocenters. The number of hydrogen-bond donors (Lipinski definition) is 2. The molecule has 60 heavy (non-hydrogen) atoms. The smallest absolute Gasteiger partial charge is 0.657 e. The molecule has 5 heterocycles. The fourth-order valence-electron chi connectivity index (χ4n) is 9.31. The van der Waals surface area contributed by atoms with Crippen molar-refractivity contribution in [3.63, 3.8) is 0 Å². The third-order valence-corrected chi connectivity index (χ3v) is 13.0. The molecule has 1 fully saturated rings. The van der Waals surface area contributed by atoms with Gasteiger partial charge in [-0.05, 0) is 93.6 Å². The van der Waals surface area contributed by atoms with Crippen LogP contribution >= 0.6 is 0 Å². The first-order valence-corrected chi connectivity index (χ1v) is 21.7. The minimum Gasteiger partial charge on any atom is -0.657 e. The molecule has 316 valence electrons. The summed E-state index contributed by atoms with van der Waals surface area (Å²) in [6.45, 7) is 23.7. The number of allylic oxidation sites excluding steroid dienone is 3. The van der Waals surface area contributed by atoms with Crippen molar-refractivity contribution in [1.29, 1.82) is 0 Å². The van der Waals surface area contributed by atoms with Crippen molar-refractivity contribution in [3.05, 3.63) is 96.5 Å². The quantitative estimate of drug-likeness (QED) is 0.0642. The Kier molecular flexibility index (Phi) is 15.6. The van der Waals surface area contributed by atoms with Crippen LogP contribution in [0.25, 0.3) is 29.9 Å². The average molecular weight is 825 g/mol. The van der Waals surface area contributed by atoms with Crippen LogP contribution in [-0.2, 0) is 25.5 Å². The summed E-state index contributed by atoms with van der Waals surface area (Å²) in [4.78, 5) is 55.1. The number of nitrogens with one attached hydrogen (secondary N) is 2. The van der Waals surface area contributed by atoms with E-state index >= 15 is 0 Å². The minimum absolute atomic E-state index is 0. The van der Waals surface area contributed by atoms with Crippen LogP contribution in [0.4, 0.5) is 0 Å². The molecule has 2 N–H and O–H groups in total. The molecule has 10 heteroatoms. The molecule has 3 aromatic rings. The molecule has 3 aliphatic rings. The largest absolute Gasteiger partial charge is 2.00 e. The van der Waals surface area contributed by atoms with Gasteiger partial charge in [-0.1, -0.05) is 108 Å². The summed E-state index contributed by atoms with van der Waals surface area (Å²) in [5, 5.41) is 5.52. The van der Waals surface area contributed by atoms with Crippen molar-refractivity contribution in [2.75, 3.05) is 13.7 Å². The maximum atomic E-state index is 14.3. The normalized spacial score (nSPS) is 21.9. The number of nitrogens with zero attached hydrogens (tertiary/aromatic N) is 2. The third kappa shape index (κ3) is 9.60. The van der Waals surface area contributed by atoms with E-state index in [1.165, 1.54) is 38.4 Å². The topological polar surface area (TPSA) is 126 Å². The summed E-state index contributed by atoms with van der Waals surface area (Å²) in [7, 11) is 1.31. The maximum absolute atomic E-state index is 14.3. The number of fused-ring (bicyclic) bond motifs is 7. The SMILES string of the molecule is C=Cc1c2[n-]c(c1C)/C=C1\N/C(=C3\c4[n-]c(c(C)c4C(=O)[C@@H]3C(=O)OC)/C=c3\[nH]/c(c(C)c3CC)=C\2)[C@@H](CCC(=O)OC/C=C(/C)CCC[C@H](C)CCCC(C)C)[C@@H]1C.[Mg+2]. The standard InChI is InChI=1S/C50H65N4O5.Mg/c1-12-34-30(7)37-24-39-32(9)36(20-21-43(55)59-23-22-29(6)19-15-18-28(5)17-14-16-27(3)4)47(53-39)45-46(50(57)58-11)49(56)44-33(10)40(54-48(44)45)26-42-35(13-2)31(8)38(52-42)25-41(34)51-37;/h12,22,24-28,32,36,46,52H,1,13-21,23H2,2-11H3,(H2,53,54,56);/q-1;+2/p-1/b29-22-,38-25-,39-24-,42-26-;/t28-,32+,36+,46-;/m1./s1. The average Bonchev–Trinajstić information content (AvgIpc) is 3.94. The zero-order valence-corrected chi connectivity index (χ0v) is 39.1. The Morgan fingerprint density at radius 3 is 2.32 bits per heavy atom. The first kappa shape index (κ1) is 46.8.